The van der Waals surface area contributed by atoms with Crippen molar-refractivity contribution in [1.82, 2.24) is 0 Å². The van der Waals surface area contributed by atoms with Crippen molar-refractivity contribution in [2.24, 2.45) is 5.73 Å². The van der Waals surface area contributed by atoms with Crippen molar-refractivity contribution in [2.45, 2.75) is 0 Å². The Bertz CT molecular complexity index is 514. The van der Waals surface area contributed by atoms with E-state index in [1.165, 1.54) is 0 Å². The molecule has 0 atom stereocenters. The van der Waals surface area contributed by atoms with Crippen LogP contribution in [0.3, 0.4) is 0 Å². The molecule has 0 spiro atoms. The lowest BCUT2D eigenvalue weighted by atomic mass is 10.3. The molecule has 0 heterocycles. The fourth-order valence-corrected chi connectivity index (χ4v) is 1.82. The zero-order valence-corrected chi connectivity index (χ0v) is 10.9. The maximum absolute atomic E-state index is 11.4. The lowest BCUT2D eigenvalue weighted by molar-refractivity contribution is -0.113. The number of nitrogens with one attached hydrogen (secondary N) is 1. The number of benzene rings is 1. The molecule has 3 N–H and O–H groups in total. The lowest BCUT2D eigenvalue weighted by Gasteiger charge is -2.08. The Morgan fingerprint density at radius 3 is 2.78 bits per heavy atom. The number of carbonyl (C=O) groups is 1. The fourth-order valence-electron chi connectivity index (χ4n) is 1.28. The average molecular weight is 272 g/mol. The Balaban J connectivity index is 2.64. The third kappa shape index (κ3) is 5.65. The van der Waals surface area contributed by atoms with E-state index in [1.807, 2.05) is 0 Å². The molecule has 7 heteroatoms. The molecule has 0 saturated carbocycles. The predicted molar refractivity (Wildman–Crippen MR) is 69.3 cm³/mol. The number of sulfone groups is 1. The van der Waals surface area contributed by atoms with Crippen LogP contribution in [0.2, 0.25) is 0 Å². The zero-order chi connectivity index (χ0) is 13.6. The van der Waals surface area contributed by atoms with E-state index in [2.05, 4.69) is 5.32 Å². The van der Waals surface area contributed by atoms with Gasteiger partial charge in [-0.3, -0.25) is 4.79 Å². The van der Waals surface area contributed by atoms with Crippen LogP contribution in [0.4, 0.5) is 5.69 Å². The Kier molecular flexibility index (Phi) is 5.11. The Morgan fingerprint density at radius 2 is 2.17 bits per heavy atom. The second-order valence-corrected chi connectivity index (χ2v) is 5.92. The predicted octanol–water partition coefficient (Wildman–Crippen LogP) is 0.00720. The van der Waals surface area contributed by atoms with Crippen molar-refractivity contribution in [3.05, 3.63) is 24.3 Å². The van der Waals surface area contributed by atoms with Crippen LogP contribution >= 0.6 is 0 Å². The fraction of sp³-hybridized carbons (Fsp3) is 0.364. The molecule has 100 valence electrons. The summed E-state index contributed by atoms with van der Waals surface area (Å²) in [5.74, 6) is -0.549. The molecule has 0 radical (unpaired) electrons. The lowest BCUT2D eigenvalue weighted by Crippen LogP contribution is -2.21. The first-order chi connectivity index (χ1) is 8.40. The van der Waals surface area contributed by atoms with E-state index in [1.54, 1.807) is 24.3 Å². The van der Waals surface area contributed by atoms with Crippen LogP contribution in [0.1, 0.15) is 0 Å². The Hall–Kier alpha value is -1.60. The number of hydrogen-bond donors (Lipinski definition) is 2. The van der Waals surface area contributed by atoms with Gasteiger partial charge in [-0.1, -0.05) is 6.07 Å². The number of anilines is 1. The van der Waals surface area contributed by atoms with Crippen LogP contribution in [0.15, 0.2) is 24.3 Å². The summed E-state index contributed by atoms with van der Waals surface area (Å²) in [6.07, 6.45) is 1.01. The van der Waals surface area contributed by atoms with E-state index >= 15 is 0 Å². The molecule has 0 aromatic heterocycles. The molecule has 0 bridgehead atoms. The van der Waals surface area contributed by atoms with Gasteiger partial charge in [-0.15, -0.1) is 0 Å². The highest BCUT2D eigenvalue weighted by molar-refractivity contribution is 7.91. The van der Waals surface area contributed by atoms with Crippen LogP contribution in [0.25, 0.3) is 0 Å². The monoisotopic (exact) mass is 272 g/mol. The number of ether oxygens (including phenoxy) is 1. The van der Waals surface area contributed by atoms with E-state index in [4.69, 9.17) is 10.5 Å². The van der Waals surface area contributed by atoms with Crippen LogP contribution in [-0.2, 0) is 14.6 Å². The van der Waals surface area contributed by atoms with Crippen molar-refractivity contribution in [3.63, 3.8) is 0 Å². The summed E-state index contributed by atoms with van der Waals surface area (Å²) in [6, 6.07) is 6.68. The van der Waals surface area contributed by atoms with Gasteiger partial charge in [0.25, 0.3) is 0 Å². The largest absolute Gasteiger partial charge is 0.492 e. The van der Waals surface area contributed by atoms with E-state index in [0.717, 1.165) is 6.26 Å². The standard InChI is InChI=1S/C11H16N2O4S/c1-18(15,16)8-11(14)13-9-3-2-4-10(7-9)17-6-5-12/h2-4,7H,5-6,8,12H2,1H3,(H,13,14). The Morgan fingerprint density at radius 1 is 1.44 bits per heavy atom. The molecule has 1 aromatic rings. The highest BCUT2D eigenvalue weighted by atomic mass is 32.2. The molecule has 1 aromatic carbocycles. The van der Waals surface area contributed by atoms with Crippen molar-refractivity contribution in [3.8, 4) is 5.75 Å². The second kappa shape index (κ2) is 6.36. The van der Waals surface area contributed by atoms with E-state index < -0.39 is 21.5 Å². The van der Waals surface area contributed by atoms with Crippen LogP contribution < -0.4 is 15.8 Å². The van der Waals surface area contributed by atoms with Gasteiger partial charge in [-0.25, -0.2) is 8.42 Å². The number of amides is 1. The first kappa shape index (κ1) is 14.5. The van der Waals surface area contributed by atoms with Gasteiger partial charge in [0.1, 0.15) is 18.1 Å². The third-order valence-corrected chi connectivity index (χ3v) is 2.68. The SMILES string of the molecule is CS(=O)(=O)CC(=O)Nc1cccc(OCCN)c1. The summed E-state index contributed by atoms with van der Waals surface area (Å²) >= 11 is 0. The van der Waals surface area contributed by atoms with Crippen molar-refractivity contribution >= 4 is 21.4 Å². The van der Waals surface area contributed by atoms with Gasteiger partial charge < -0.3 is 15.8 Å². The topological polar surface area (TPSA) is 98.5 Å². The molecule has 0 aliphatic heterocycles. The summed E-state index contributed by atoms with van der Waals surface area (Å²) < 4.78 is 27.2. The average Bonchev–Trinajstić information content (AvgIpc) is 2.24. The highest BCUT2D eigenvalue weighted by Gasteiger charge is 2.11. The van der Waals surface area contributed by atoms with Gasteiger partial charge in [-0.05, 0) is 12.1 Å². The smallest absolute Gasteiger partial charge is 0.239 e. The second-order valence-electron chi connectivity index (χ2n) is 3.78. The number of nitrogens with two attached hydrogens (primary N) is 1. The number of rotatable bonds is 6. The third-order valence-electron chi connectivity index (χ3n) is 1.90. The maximum atomic E-state index is 11.4. The normalized spacial score (nSPS) is 11.0. The molecule has 1 amide bonds. The first-order valence-electron chi connectivity index (χ1n) is 5.31. The molecule has 18 heavy (non-hydrogen) atoms. The minimum absolute atomic E-state index is 0.376. The molecule has 0 aliphatic rings. The summed E-state index contributed by atoms with van der Waals surface area (Å²) in [7, 11) is -3.33. The highest BCUT2D eigenvalue weighted by Crippen LogP contribution is 2.17. The van der Waals surface area contributed by atoms with Gasteiger partial charge >= 0.3 is 0 Å². The molecule has 6 nitrogen and oxygen atoms in total. The number of hydrogen-bond acceptors (Lipinski definition) is 5. The van der Waals surface area contributed by atoms with Crippen LogP contribution in [0.5, 0.6) is 5.75 Å². The zero-order valence-electron chi connectivity index (χ0n) is 10.0. The summed E-state index contributed by atoms with van der Waals surface area (Å²) in [5, 5.41) is 2.49. The quantitative estimate of drug-likeness (QED) is 0.760. The van der Waals surface area contributed by atoms with Crippen molar-refractivity contribution in [1.29, 1.82) is 0 Å². The molecule has 1 rings (SSSR count). The Labute approximate surface area is 106 Å². The maximum Gasteiger partial charge on any atom is 0.239 e. The van der Waals surface area contributed by atoms with E-state index in [9.17, 15) is 13.2 Å². The summed E-state index contributed by atoms with van der Waals surface area (Å²) in [6.45, 7) is 0.769. The minimum Gasteiger partial charge on any atom is -0.492 e. The molecule has 0 unspecified atom stereocenters. The molecular formula is C11H16N2O4S. The molecule has 0 saturated heterocycles. The van der Waals surface area contributed by atoms with E-state index in [0.29, 0.717) is 24.6 Å². The van der Waals surface area contributed by atoms with Crippen molar-refractivity contribution in [2.75, 3.05) is 30.5 Å². The number of carbonyl (C=O) groups excluding carboxylic acids is 1. The van der Waals surface area contributed by atoms with Crippen LogP contribution in [-0.4, -0.2) is 39.5 Å². The van der Waals surface area contributed by atoms with Gasteiger partial charge in [0.2, 0.25) is 5.91 Å². The summed E-state index contributed by atoms with van der Waals surface area (Å²) in [5.41, 5.74) is 5.79. The minimum atomic E-state index is -3.33. The van der Waals surface area contributed by atoms with Gasteiger partial charge in [-0.2, -0.15) is 0 Å². The van der Waals surface area contributed by atoms with Crippen molar-refractivity contribution < 1.29 is 17.9 Å². The van der Waals surface area contributed by atoms with E-state index in [-0.39, 0.29) is 0 Å². The summed E-state index contributed by atoms with van der Waals surface area (Å²) in [4.78, 5) is 11.4. The van der Waals surface area contributed by atoms with Gasteiger partial charge in [0.05, 0.1) is 0 Å². The van der Waals surface area contributed by atoms with Crippen LogP contribution in [0, 0.1) is 0 Å². The van der Waals surface area contributed by atoms with Gasteiger partial charge in [0, 0.05) is 24.6 Å². The molecule has 0 fully saturated rings. The molecule has 0 aliphatic carbocycles. The van der Waals surface area contributed by atoms with Gasteiger partial charge in [0.15, 0.2) is 9.84 Å². The molecular weight excluding hydrogens is 256 g/mol. The first-order valence-corrected chi connectivity index (χ1v) is 7.37.